The molecule has 1 rings (SSSR count). The van der Waals surface area contributed by atoms with Crippen molar-refractivity contribution in [3.05, 3.63) is 21.9 Å². The van der Waals surface area contributed by atoms with Gasteiger partial charge in [0.25, 0.3) is 6.43 Å². The quantitative estimate of drug-likeness (QED) is 0.724. The van der Waals surface area contributed by atoms with Crippen LogP contribution < -0.4 is 4.74 Å². The fourth-order valence-electron chi connectivity index (χ4n) is 0.793. The smallest absolute Gasteiger partial charge is 0.268 e. The molecule has 13 heavy (non-hydrogen) atoms. The Labute approximate surface area is 83.4 Å². The summed E-state index contributed by atoms with van der Waals surface area (Å²) in [5.41, 5.74) is -0.498. The lowest BCUT2D eigenvalue weighted by Gasteiger charge is -2.08. The van der Waals surface area contributed by atoms with Gasteiger partial charge < -0.3 is 4.74 Å². The normalized spacial score (nSPS) is 10.6. The minimum atomic E-state index is -2.76. The van der Waals surface area contributed by atoms with Gasteiger partial charge in [0, 0.05) is 0 Å². The second kappa shape index (κ2) is 4.07. The maximum Gasteiger partial charge on any atom is 0.268 e. The van der Waals surface area contributed by atoms with E-state index in [-0.39, 0.29) is 15.9 Å². The molecule has 0 bridgehead atoms. The third-order valence-corrected chi connectivity index (χ3v) is 2.10. The van der Waals surface area contributed by atoms with Crippen molar-refractivity contribution in [3.8, 4) is 5.75 Å². The molecule has 0 N–H and O–H groups in total. The molecule has 0 atom stereocenters. The van der Waals surface area contributed by atoms with E-state index >= 15 is 0 Å². The van der Waals surface area contributed by atoms with Crippen molar-refractivity contribution in [1.82, 2.24) is 4.98 Å². The van der Waals surface area contributed by atoms with Crippen molar-refractivity contribution in [2.75, 3.05) is 7.11 Å². The Bertz CT molecular complexity index is 320. The van der Waals surface area contributed by atoms with Crippen LogP contribution in [0.3, 0.4) is 0 Å². The number of hydrogen-bond acceptors (Lipinski definition) is 2. The highest BCUT2D eigenvalue weighted by molar-refractivity contribution is 6.36. The van der Waals surface area contributed by atoms with Crippen molar-refractivity contribution in [1.29, 1.82) is 0 Å². The Kier molecular flexibility index (Phi) is 3.27. The van der Waals surface area contributed by atoms with Crippen molar-refractivity contribution in [2.24, 2.45) is 0 Å². The van der Waals surface area contributed by atoms with Crippen LogP contribution in [0.2, 0.25) is 10.2 Å². The van der Waals surface area contributed by atoms with Gasteiger partial charge in [0.2, 0.25) is 0 Å². The summed E-state index contributed by atoms with van der Waals surface area (Å²) >= 11 is 11.0. The van der Waals surface area contributed by atoms with E-state index in [1.54, 1.807) is 0 Å². The van der Waals surface area contributed by atoms with E-state index < -0.39 is 12.0 Å². The summed E-state index contributed by atoms with van der Waals surface area (Å²) < 4.78 is 29.4. The summed E-state index contributed by atoms with van der Waals surface area (Å²) in [7, 11) is 1.31. The molecule has 0 aliphatic rings. The minimum absolute atomic E-state index is 0.0846. The zero-order valence-corrected chi connectivity index (χ0v) is 8.03. The molecule has 0 radical (unpaired) electrons. The molecule has 0 amide bonds. The van der Waals surface area contributed by atoms with Crippen molar-refractivity contribution < 1.29 is 13.5 Å². The number of pyridine rings is 1. The minimum Gasteiger partial charge on any atom is -0.494 e. The van der Waals surface area contributed by atoms with Crippen molar-refractivity contribution in [3.63, 3.8) is 0 Å². The molecule has 6 heteroatoms. The average Bonchev–Trinajstić information content (AvgIpc) is 2.04. The standard InChI is InChI=1S/C7H5Cl2F2NO/c1-13-3-2-12-6(9)4(5(3)8)7(10)11/h2,7H,1H3. The van der Waals surface area contributed by atoms with E-state index in [1.807, 2.05) is 0 Å². The topological polar surface area (TPSA) is 22.1 Å². The first-order chi connectivity index (χ1) is 6.07. The van der Waals surface area contributed by atoms with Crippen LogP contribution in [-0.2, 0) is 0 Å². The fraction of sp³-hybridized carbons (Fsp3) is 0.286. The van der Waals surface area contributed by atoms with E-state index in [1.165, 1.54) is 13.3 Å². The number of methoxy groups -OCH3 is 1. The van der Waals surface area contributed by atoms with Gasteiger partial charge in [-0.1, -0.05) is 23.2 Å². The monoisotopic (exact) mass is 227 g/mol. The highest BCUT2D eigenvalue weighted by atomic mass is 35.5. The van der Waals surface area contributed by atoms with Crippen LogP contribution in [-0.4, -0.2) is 12.1 Å². The van der Waals surface area contributed by atoms with Gasteiger partial charge in [-0.2, -0.15) is 0 Å². The zero-order chi connectivity index (χ0) is 10.0. The number of rotatable bonds is 2. The fourth-order valence-corrected chi connectivity index (χ4v) is 1.37. The highest BCUT2D eigenvalue weighted by Crippen LogP contribution is 2.37. The molecule has 72 valence electrons. The molecule has 1 aromatic heterocycles. The van der Waals surface area contributed by atoms with Gasteiger partial charge >= 0.3 is 0 Å². The van der Waals surface area contributed by atoms with Gasteiger partial charge in [0.15, 0.2) is 5.75 Å². The van der Waals surface area contributed by atoms with Gasteiger partial charge in [0.1, 0.15) is 5.15 Å². The zero-order valence-electron chi connectivity index (χ0n) is 6.52. The summed E-state index contributed by atoms with van der Waals surface area (Å²) in [4.78, 5) is 3.51. The van der Waals surface area contributed by atoms with Crippen LogP contribution in [0, 0.1) is 0 Å². The Morgan fingerprint density at radius 2 is 2.08 bits per heavy atom. The van der Waals surface area contributed by atoms with Gasteiger partial charge in [0.05, 0.1) is 23.9 Å². The predicted molar refractivity (Wildman–Crippen MR) is 45.8 cm³/mol. The first kappa shape index (κ1) is 10.5. The molecule has 0 aliphatic heterocycles. The number of halogens is 4. The molecule has 2 nitrogen and oxygen atoms in total. The van der Waals surface area contributed by atoms with Crippen LogP contribution in [0.25, 0.3) is 0 Å². The predicted octanol–water partition coefficient (Wildman–Crippen LogP) is 3.33. The van der Waals surface area contributed by atoms with E-state index in [0.29, 0.717) is 0 Å². The molecule has 0 saturated heterocycles. The SMILES string of the molecule is COc1cnc(Cl)c(C(F)F)c1Cl. The number of nitrogens with zero attached hydrogens (tertiary/aromatic N) is 1. The first-order valence-electron chi connectivity index (χ1n) is 3.24. The third-order valence-electron chi connectivity index (χ3n) is 1.41. The molecule has 1 heterocycles. The lowest BCUT2D eigenvalue weighted by molar-refractivity contribution is 0.151. The summed E-state index contributed by atoms with van der Waals surface area (Å²) in [5.74, 6) is 0.0846. The number of hydrogen-bond donors (Lipinski definition) is 0. The molecular weight excluding hydrogens is 223 g/mol. The maximum absolute atomic E-state index is 12.3. The van der Waals surface area contributed by atoms with E-state index in [0.717, 1.165) is 0 Å². The molecule has 0 saturated carbocycles. The van der Waals surface area contributed by atoms with Crippen molar-refractivity contribution >= 4 is 23.2 Å². The molecule has 0 fully saturated rings. The van der Waals surface area contributed by atoms with Crippen LogP contribution in [0.1, 0.15) is 12.0 Å². The molecule has 0 spiro atoms. The van der Waals surface area contributed by atoms with Gasteiger partial charge in [-0.3, -0.25) is 0 Å². The third kappa shape index (κ3) is 2.00. The Morgan fingerprint density at radius 3 is 2.54 bits per heavy atom. The van der Waals surface area contributed by atoms with Crippen LogP contribution in [0.15, 0.2) is 6.20 Å². The summed E-state index contributed by atoms with van der Waals surface area (Å²) in [6, 6.07) is 0. The van der Waals surface area contributed by atoms with Gasteiger partial charge in [-0.05, 0) is 0 Å². The second-order valence-electron chi connectivity index (χ2n) is 2.15. The van der Waals surface area contributed by atoms with Gasteiger partial charge in [-0.25, -0.2) is 13.8 Å². The second-order valence-corrected chi connectivity index (χ2v) is 2.88. The van der Waals surface area contributed by atoms with E-state index in [9.17, 15) is 8.78 Å². The largest absolute Gasteiger partial charge is 0.494 e. The summed E-state index contributed by atoms with van der Waals surface area (Å²) in [6.45, 7) is 0. The van der Waals surface area contributed by atoms with Crippen LogP contribution >= 0.6 is 23.2 Å². The Hall–Kier alpha value is -0.610. The summed E-state index contributed by atoms with van der Waals surface area (Å²) in [5, 5.41) is -0.502. The molecule has 0 unspecified atom stereocenters. The molecule has 1 aromatic rings. The van der Waals surface area contributed by atoms with E-state index in [4.69, 9.17) is 27.9 Å². The van der Waals surface area contributed by atoms with E-state index in [2.05, 4.69) is 4.98 Å². The Balaban J connectivity index is 3.30. The maximum atomic E-state index is 12.3. The average molecular weight is 228 g/mol. The first-order valence-corrected chi connectivity index (χ1v) is 3.99. The lowest BCUT2D eigenvalue weighted by atomic mass is 10.3. The molecule has 0 aromatic carbocycles. The molecule has 0 aliphatic carbocycles. The van der Waals surface area contributed by atoms with Gasteiger partial charge in [-0.15, -0.1) is 0 Å². The number of aromatic nitrogens is 1. The lowest BCUT2D eigenvalue weighted by Crippen LogP contribution is -1.94. The summed E-state index contributed by atoms with van der Waals surface area (Å²) in [6.07, 6.45) is -1.57. The Morgan fingerprint density at radius 1 is 1.46 bits per heavy atom. The molecular formula is C7H5Cl2F2NO. The van der Waals surface area contributed by atoms with Crippen LogP contribution in [0.4, 0.5) is 8.78 Å². The number of ether oxygens (including phenoxy) is 1. The van der Waals surface area contributed by atoms with Crippen molar-refractivity contribution in [2.45, 2.75) is 6.43 Å². The van der Waals surface area contributed by atoms with Crippen LogP contribution in [0.5, 0.6) is 5.75 Å². The highest BCUT2D eigenvalue weighted by Gasteiger charge is 2.20. The number of alkyl halides is 2.